The minimum atomic E-state index is -0.561. The molecule has 0 fully saturated rings. The normalized spacial score (nSPS) is 20.3. The van der Waals surface area contributed by atoms with E-state index in [-0.39, 0.29) is 12.7 Å². The zero-order chi connectivity index (χ0) is 18.6. The molecule has 0 amide bonds. The lowest BCUT2D eigenvalue weighted by atomic mass is 9.80. The number of carbonyl (C=O) groups is 1. The molecule has 1 aliphatic rings. The molecule has 0 radical (unpaired) electrons. The molecule has 2 rings (SSSR count). The Bertz CT molecular complexity index is 762. The predicted octanol–water partition coefficient (Wildman–Crippen LogP) is 4.15. The maximum Gasteiger partial charge on any atom is 0.337 e. The average molecular weight is 405 g/mol. The number of hydrogen-bond donors (Lipinski definition) is 0. The van der Waals surface area contributed by atoms with Crippen LogP contribution in [-0.2, 0) is 14.3 Å². The van der Waals surface area contributed by atoms with E-state index in [2.05, 4.69) is 25.8 Å². The Hall–Kier alpha value is -1.97. The van der Waals surface area contributed by atoms with E-state index in [4.69, 9.17) is 16.0 Å². The lowest BCUT2D eigenvalue weighted by Gasteiger charge is -2.28. The Morgan fingerprint density at radius 3 is 2.64 bits per heavy atom. The summed E-state index contributed by atoms with van der Waals surface area (Å²) in [6.45, 7) is 13.2. The second-order valence-electron chi connectivity index (χ2n) is 6.07. The topological polar surface area (TPSA) is 52.2 Å². The number of carbonyl (C=O) groups excluding carboxylic acids is 1. The number of rotatable bonds is 5. The van der Waals surface area contributed by atoms with Crippen LogP contribution in [0.3, 0.4) is 0 Å². The zero-order valence-corrected chi connectivity index (χ0v) is 16.3. The molecule has 2 atom stereocenters. The fourth-order valence-electron chi connectivity index (χ4n) is 2.91. The Morgan fingerprint density at radius 1 is 1.40 bits per heavy atom. The first-order valence-corrected chi connectivity index (χ1v) is 8.79. The molecular formula is C19H21BrN2O3. The van der Waals surface area contributed by atoms with Crippen molar-refractivity contribution in [1.29, 1.82) is 0 Å². The van der Waals surface area contributed by atoms with Gasteiger partial charge in [-0.3, -0.25) is 4.99 Å². The average Bonchev–Trinajstić information content (AvgIpc) is 2.54. The molecular weight excluding hydrogens is 384 g/mol. The van der Waals surface area contributed by atoms with Crippen LogP contribution in [0.4, 0.5) is 0 Å². The van der Waals surface area contributed by atoms with Gasteiger partial charge in [0.05, 0.1) is 29.7 Å². The summed E-state index contributed by atoms with van der Waals surface area (Å²) >= 11 is 3.55. The van der Waals surface area contributed by atoms with Gasteiger partial charge in [-0.05, 0) is 32.4 Å². The van der Waals surface area contributed by atoms with Crippen molar-refractivity contribution >= 4 is 27.6 Å². The monoisotopic (exact) mass is 404 g/mol. The standard InChI is InChI=1S/C19H21BrN2O3/c1-11(2)25-19(23)17-15(10-24-5)22-12(3)18(21-4)16(17)13-8-6-7-9-14(13)20/h6-9,11,16,18H,10H2,1-3,5H3. The molecule has 0 saturated heterocycles. The molecule has 0 N–H and O–H groups in total. The smallest absolute Gasteiger partial charge is 0.337 e. The minimum Gasteiger partial charge on any atom is -0.460 e. The third kappa shape index (κ3) is 4.17. The second-order valence-corrected chi connectivity index (χ2v) is 6.93. The van der Waals surface area contributed by atoms with E-state index in [1.54, 1.807) is 21.0 Å². The van der Waals surface area contributed by atoms with Gasteiger partial charge in [-0.1, -0.05) is 34.1 Å². The number of benzene rings is 1. The quantitative estimate of drug-likeness (QED) is 0.547. The summed E-state index contributed by atoms with van der Waals surface area (Å²) in [6.07, 6.45) is -0.262. The van der Waals surface area contributed by atoms with Crippen LogP contribution >= 0.6 is 15.9 Å². The number of methoxy groups -OCH3 is 1. The molecule has 5 nitrogen and oxygen atoms in total. The number of aliphatic imine (C=N–C) groups is 1. The van der Waals surface area contributed by atoms with E-state index in [0.717, 1.165) is 10.0 Å². The third-order valence-electron chi connectivity index (χ3n) is 3.90. The van der Waals surface area contributed by atoms with Crippen LogP contribution in [-0.4, -0.2) is 37.5 Å². The molecule has 1 aromatic carbocycles. The number of hydrogen-bond acceptors (Lipinski definition) is 4. The first-order chi connectivity index (χ1) is 11.9. The Labute approximate surface area is 156 Å². The molecule has 25 heavy (non-hydrogen) atoms. The van der Waals surface area contributed by atoms with Gasteiger partial charge in [-0.25, -0.2) is 11.4 Å². The Kier molecular flexibility index (Phi) is 6.51. The van der Waals surface area contributed by atoms with Crippen molar-refractivity contribution in [3.63, 3.8) is 0 Å². The second kappa shape index (κ2) is 8.41. The van der Waals surface area contributed by atoms with E-state index in [1.165, 1.54) is 0 Å². The highest BCUT2D eigenvalue weighted by molar-refractivity contribution is 9.10. The van der Waals surface area contributed by atoms with Crippen molar-refractivity contribution in [2.24, 2.45) is 4.99 Å². The van der Waals surface area contributed by atoms with E-state index in [9.17, 15) is 4.79 Å². The highest BCUT2D eigenvalue weighted by Crippen LogP contribution is 2.40. The fourth-order valence-corrected chi connectivity index (χ4v) is 3.44. The summed E-state index contributed by atoms with van der Waals surface area (Å²) in [4.78, 5) is 21.1. The van der Waals surface area contributed by atoms with Gasteiger partial charge < -0.3 is 14.3 Å². The molecule has 1 heterocycles. The summed E-state index contributed by atoms with van der Waals surface area (Å²) in [5, 5.41) is 0. The van der Waals surface area contributed by atoms with Gasteiger partial charge >= 0.3 is 5.97 Å². The SMILES string of the molecule is [C-]#[N+]C1C(C)=NC(COC)=C(C(=O)OC(C)C)C1c1ccccc1Br. The highest BCUT2D eigenvalue weighted by Gasteiger charge is 2.43. The summed E-state index contributed by atoms with van der Waals surface area (Å²) in [6, 6.07) is 7.05. The number of nitrogens with zero attached hydrogens (tertiary/aromatic N) is 2. The summed E-state index contributed by atoms with van der Waals surface area (Å²) in [7, 11) is 1.55. The first kappa shape index (κ1) is 19.4. The van der Waals surface area contributed by atoms with Gasteiger partial charge in [-0.2, -0.15) is 0 Å². The lowest BCUT2D eigenvalue weighted by Crippen LogP contribution is -2.34. The molecule has 0 aromatic heterocycles. The van der Waals surface area contributed by atoms with Gasteiger partial charge in [0.15, 0.2) is 0 Å². The van der Waals surface area contributed by atoms with E-state index < -0.39 is 17.9 Å². The van der Waals surface area contributed by atoms with E-state index in [0.29, 0.717) is 17.0 Å². The maximum atomic E-state index is 12.8. The predicted molar refractivity (Wildman–Crippen MR) is 101 cm³/mol. The van der Waals surface area contributed by atoms with Crippen molar-refractivity contribution in [3.05, 3.63) is 57.0 Å². The molecule has 0 spiro atoms. The zero-order valence-electron chi connectivity index (χ0n) is 14.7. The molecule has 1 aliphatic heterocycles. The molecule has 0 bridgehead atoms. The van der Waals surface area contributed by atoms with Gasteiger partial charge in [0, 0.05) is 11.6 Å². The minimum absolute atomic E-state index is 0.186. The fraction of sp³-hybridized carbons (Fsp3) is 0.421. The first-order valence-electron chi connectivity index (χ1n) is 7.99. The van der Waals surface area contributed by atoms with Gasteiger partial charge in [0.25, 0.3) is 6.04 Å². The molecule has 1 aromatic rings. The summed E-state index contributed by atoms with van der Waals surface area (Å²) in [5.41, 5.74) is 2.45. The highest BCUT2D eigenvalue weighted by atomic mass is 79.9. The van der Waals surface area contributed by atoms with Crippen LogP contribution in [0.5, 0.6) is 0 Å². The van der Waals surface area contributed by atoms with Gasteiger partial charge in [-0.15, -0.1) is 0 Å². The van der Waals surface area contributed by atoms with Crippen molar-refractivity contribution in [2.45, 2.75) is 38.8 Å². The molecule has 132 valence electrons. The molecule has 0 aliphatic carbocycles. The molecule has 0 saturated carbocycles. The molecule has 6 heteroatoms. The van der Waals surface area contributed by atoms with Gasteiger partial charge in [0.1, 0.15) is 5.92 Å². The summed E-state index contributed by atoms with van der Waals surface area (Å²) < 4.78 is 11.5. The van der Waals surface area contributed by atoms with E-state index >= 15 is 0 Å². The lowest BCUT2D eigenvalue weighted by molar-refractivity contribution is -0.143. The van der Waals surface area contributed by atoms with Gasteiger partial charge in [0.2, 0.25) is 0 Å². The van der Waals surface area contributed by atoms with Crippen LogP contribution in [0.25, 0.3) is 4.85 Å². The summed E-state index contributed by atoms with van der Waals surface area (Å²) in [5.74, 6) is -0.908. The van der Waals surface area contributed by atoms with Crippen molar-refractivity contribution in [2.75, 3.05) is 13.7 Å². The number of halogens is 1. The van der Waals surface area contributed by atoms with Crippen molar-refractivity contribution in [3.8, 4) is 0 Å². The van der Waals surface area contributed by atoms with Crippen LogP contribution in [0.2, 0.25) is 0 Å². The number of esters is 1. The Morgan fingerprint density at radius 2 is 2.08 bits per heavy atom. The van der Waals surface area contributed by atoms with Crippen LogP contribution in [0.15, 0.2) is 45.0 Å². The Balaban J connectivity index is 2.68. The number of ether oxygens (including phenoxy) is 2. The third-order valence-corrected chi connectivity index (χ3v) is 4.62. The van der Waals surface area contributed by atoms with E-state index in [1.807, 2.05) is 31.2 Å². The van der Waals surface area contributed by atoms with Crippen LogP contribution < -0.4 is 0 Å². The van der Waals surface area contributed by atoms with Crippen LogP contribution in [0, 0.1) is 6.57 Å². The van der Waals surface area contributed by atoms with Crippen LogP contribution in [0.1, 0.15) is 32.3 Å². The largest absolute Gasteiger partial charge is 0.460 e. The van der Waals surface area contributed by atoms with Crippen molar-refractivity contribution < 1.29 is 14.3 Å². The van der Waals surface area contributed by atoms with Crippen molar-refractivity contribution in [1.82, 2.24) is 0 Å². The molecule has 2 unspecified atom stereocenters. The maximum absolute atomic E-state index is 12.8.